The van der Waals surface area contributed by atoms with Crippen LogP contribution in [0.25, 0.3) is 5.69 Å². The second-order valence-electron chi connectivity index (χ2n) is 5.53. The molecule has 0 radical (unpaired) electrons. The Hall–Kier alpha value is -2.08. The van der Waals surface area contributed by atoms with Crippen molar-refractivity contribution in [2.75, 3.05) is 5.73 Å². The van der Waals surface area contributed by atoms with Crippen LogP contribution in [0.1, 0.15) is 17.4 Å². The maximum atomic E-state index is 13.8. The van der Waals surface area contributed by atoms with Gasteiger partial charge in [-0.25, -0.2) is 9.67 Å². The lowest BCUT2D eigenvalue weighted by atomic mass is 10.1. The molecule has 0 saturated heterocycles. The van der Waals surface area contributed by atoms with E-state index in [1.807, 2.05) is 22.6 Å². The van der Waals surface area contributed by atoms with E-state index in [4.69, 9.17) is 22.1 Å². The van der Waals surface area contributed by atoms with Crippen LogP contribution in [0.4, 0.5) is 19.1 Å². The predicted octanol–water partition coefficient (Wildman–Crippen LogP) is 4.49. The minimum absolute atomic E-state index is 0.121. The Morgan fingerprint density at radius 2 is 1.96 bits per heavy atom. The third kappa shape index (κ3) is 4.61. The van der Waals surface area contributed by atoms with Gasteiger partial charge >= 0.3 is 6.18 Å². The van der Waals surface area contributed by atoms with Gasteiger partial charge in [0, 0.05) is 21.4 Å². The Kier molecular flexibility index (Phi) is 5.47. The summed E-state index contributed by atoms with van der Waals surface area (Å²) in [6, 6.07) is 7.25. The van der Waals surface area contributed by atoms with Gasteiger partial charge in [-0.3, -0.25) is 0 Å². The fourth-order valence-electron chi connectivity index (χ4n) is 2.39. The van der Waals surface area contributed by atoms with Crippen LogP contribution < -0.4 is 10.5 Å². The number of alkyl halides is 3. The molecule has 11 heteroatoms. The van der Waals surface area contributed by atoms with Crippen LogP contribution in [0.3, 0.4) is 0 Å². The van der Waals surface area contributed by atoms with Crippen molar-refractivity contribution in [3.63, 3.8) is 0 Å². The number of benzene rings is 1. The molecule has 0 aliphatic heterocycles. The van der Waals surface area contributed by atoms with Crippen LogP contribution in [0.5, 0.6) is 5.88 Å². The SMILES string of the molecule is Cc1ccn(-c2cc(I)ccc2[C@@H](Oc2cc(Cl)nc(N)n2)C(F)(F)F)n1. The molecule has 142 valence electrons. The maximum Gasteiger partial charge on any atom is 0.429 e. The number of nitrogen functional groups attached to an aromatic ring is 1. The van der Waals surface area contributed by atoms with E-state index in [0.29, 0.717) is 5.69 Å². The molecule has 2 heterocycles. The molecule has 6 nitrogen and oxygen atoms in total. The molecule has 0 aliphatic rings. The number of aryl methyl sites for hydroxylation is 1. The van der Waals surface area contributed by atoms with Gasteiger partial charge in [0.25, 0.3) is 0 Å². The Morgan fingerprint density at radius 3 is 2.56 bits per heavy atom. The number of anilines is 1. The van der Waals surface area contributed by atoms with Crippen molar-refractivity contribution < 1.29 is 17.9 Å². The summed E-state index contributed by atoms with van der Waals surface area (Å²) in [5, 5.41) is 4.08. The highest BCUT2D eigenvalue weighted by Gasteiger charge is 2.45. The molecule has 3 rings (SSSR count). The minimum Gasteiger partial charge on any atom is -0.459 e. The van der Waals surface area contributed by atoms with Crippen LogP contribution >= 0.6 is 34.2 Å². The standard InChI is InChI=1S/C16H12ClF3IN5O/c1-8-4-5-26(25-8)11-6-9(21)2-3-10(11)14(16(18,19)20)27-13-7-12(17)23-15(22)24-13/h2-7,14H,1H3,(H2,22,23,24)/t14-/m1/s1. The van der Waals surface area contributed by atoms with Crippen molar-refractivity contribution >= 4 is 40.1 Å². The lowest BCUT2D eigenvalue weighted by Gasteiger charge is -2.24. The van der Waals surface area contributed by atoms with Crippen molar-refractivity contribution in [2.24, 2.45) is 0 Å². The van der Waals surface area contributed by atoms with Crippen LogP contribution in [0, 0.1) is 10.5 Å². The predicted molar refractivity (Wildman–Crippen MR) is 102 cm³/mol. The number of rotatable bonds is 4. The second-order valence-corrected chi connectivity index (χ2v) is 7.16. The number of nitrogens with two attached hydrogens (primary N) is 1. The van der Waals surface area contributed by atoms with Crippen molar-refractivity contribution in [3.05, 3.63) is 56.5 Å². The summed E-state index contributed by atoms with van der Waals surface area (Å²) in [6.07, 6.45) is -5.45. The molecule has 0 amide bonds. The molecular formula is C16H12ClF3IN5O. The molecule has 1 aromatic carbocycles. The van der Waals surface area contributed by atoms with Crippen molar-refractivity contribution in [1.82, 2.24) is 19.7 Å². The van der Waals surface area contributed by atoms with E-state index >= 15 is 0 Å². The molecule has 0 saturated carbocycles. The highest BCUT2D eigenvalue weighted by molar-refractivity contribution is 14.1. The number of hydrogen-bond acceptors (Lipinski definition) is 5. The first-order valence-electron chi connectivity index (χ1n) is 7.49. The molecule has 2 aromatic heterocycles. The molecule has 0 fully saturated rings. The van der Waals surface area contributed by atoms with Gasteiger partial charge in [0.15, 0.2) is 0 Å². The van der Waals surface area contributed by atoms with Crippen LogP contribution in [-0.4, -0.2) is 25.9 Å². The third-order valence-corrected chi connectivity index (χ3v) is 4.33. The van der Waals surface area contributed by atoms with E-state index in [1.165, 1.54) is 10.7 Å². The van der Waals surface area contributed by atoms with Gasteiger partial charge in [0.05, 0.1) is 11.4 Å². The van der Waals surface area contributed by atoms with Gasteiger partial charge in [0.2, 0.25) is 17.9 Å². The Morgan fingerprint density at radius 1 is 1.22 bits per heavy atom. The van der Waals surface area contributed by atoms with E-state index in [0.717, 1.165) is 9.64 Å². The van der Waals surface area contributed by atoms with Gasteiger partial charge in [-0.2, -0.15) is 23.3 Å². The second kappa shape index (κ2) is 7.50. The van der Waals surface area contributed by atoms with E-state index in [2.05, 4.69) is 15.1 Å². The zero-order valence-corrected chi connectivity index (χ0v) is 16.6. The molecule has 3 aromatic rings. The normalized spacial score (nSPS) is 12.8. The average Bonchev–Trinajstić information content (AvgIpc) is 2.97. The van der Waals surface area contributed by atoms with Crippen molar-refractivity contribution in [1.29, 1.82) is 0 Å². The molecule has 27 heavy (non-hydrogen) atoms. The van der Waals surface area contributed by atoms with E-state index in [9.17, 15) is 13.2 Å². The molecule has 1 atom stereocenters. The molecule has 0 bridgehead atoms. The highest BCUT2D eigenvalue weighted by Crippen LogP contribution is 2.39. The first-order valence-corrected chi connectivity index (χ1v) is 8.94. The summed E-state index contributed by atoms with van der Waals surface area (Å²) < 4.78 is 48.8. The molecule has 0 aliphatic carbocycles. The first-order chi connectivity index (χ1) is 12.6. The summed E-state index contributed by atoms with van der Waals surface area (Å²) >= 11 is 7.75. The summed E-state index contributed by atoms with van der Waals surface area (Å²) in [5.74, 6) is -0.667. The van der Waals surface area contributed by atoms with E-state index in [1.54, 1.807) is 31.3 Å². The summed E-state index contributed by atoms with van der Waals surface area (Å²) in [5.41, 5.74) is 6.23. The van der Waals surface area contributed by atoms with Crippen molar-refractivity contribution in [3.8, 4) is 11.6 Å². The lowest BCUT2D eigenvalue weighted by molar-refractivity contribution is -0.198. The first kappa shape index (κ1) is 19.7. The summed E-state index contributed by atoms with van der Waals surface area (Å²) in [6.45, 7) is 1.74. The summed E-state index contributed by atoms with van der Waals surface area (Å²) in [7, 11) is 0. The van der Waals surface area contributed by atoms with Crippen molar-refractivity contribution in [2.45, 2.75) is 19.2 Å². The zero-order chi connectivity index (χ0) is 19.8. The Labute approximate surface area is 170 Å². The van der Waals surface area contributed by atoms with Crippen LogP contribution in [-0.2, 0) is 0 Å². The molecule has 0 spiro atoms. The van der Waals surface area contributed by atoms with Crippen LogP contribution in [0.15, 0.2) is 36.5 Å². The quantitative estimate of drug-likeness (QED) is 0.414. The van der Waals surface area contributed by atoms with Gasteiger partial charge in [-0.1, -0.05) is 17.7 Å². The van der Waals surface area contributed by atoms with Gasteiger partial charge in [-0.15, -0.1) is 0 Å². The molecule has 0 unspecified atom stereocenters. The molecular weight excluding hydrogens is 498 g/mol. The smallest absolute Gasteiger partial charge is 0.429 e. The number of ether oxygens (including phenoxy) is 1. The van der Waals surface area contributed by atoms with Gasteiger partial charge in [-0.05, 0) is 47.7 Å². The fraction of sp³-hybridized carbons (Fsp3) is 0.188. The highest BCUT2D eigenvalue weighted by atomic mass is 127. The third-order valence-electron chi connectivity index (χ3n) is 3.47. The maximum absolute atomic E-state index is 13.8. The average molecular weight is 510 g/mol. The Bertz CT molecular complexity index is 959. The number of aromatic nitrogens is 4. The lowest BCUT2D eigenvalue weighted by Crippen LogP contribution is -2.28. The Balaban J connectivity index is 2.11. The van der Waals surface area contributed by atoms with E-state index in [-0.39, 0.29) is 28.2 Å². The largest absolute Gasteiger partial charge is 0.459 e. The number of nitrogens with zero attached hydrogens (tertiary/aromatic N) is 4. The van der Waals surface area contributed by atoms with Gasteiger partial charge < -0.3 is 10.5 Å². The molecule has 2 N–H and O–H groups in total. The number of hydrogen-bond donors (Lipinski definition) is 1. The minimum atomic E-state index is -4.73. The zero-order valence-electron chi connectivity index (χ0n) is 13.7. The monoisotopic (exact) mass is 509 g/mol. The fourth-order valence-corrected chi connectivity index (χ4v) is 3.04. The summed E-state index contributed by atoms with van der Waals surface area (Å²) in [4.78, 5) is 7.28. The van der Waals surface area contributed by atoms with Crippen LogP contribution in [0.2, 0.25) is 5.15 Å². The van der Waals surface area contributed by atoms with Gasteiger partial charge in [0.1, 0.15) is 5.15 Å². The topological polar surface area (TPSA) is 78.9 Å². The van der Waals surface area contributed by atoms with E-state index < -0.39 is 12.3 Å². The number of halogens is 5.